The van der Waals surface area contributed by atoms with Gasteiger partial charge in [0.25, 0.3) is 17.5 Å². The fourth-order valence-electron chi connectivity index (χ4n) is 4.58. The van der Waals surface area contributed by atoms with Crippen molar-refractivity contribution in [2.75, 3.05) is 13.1 Å². The molecule has 4 rings (SSSR count). The van der Waals surface area contributed by atoms with Crippen molar-refractivity contribution in [3.63, 3.8) is 0 Å². The maximum atomic E-state index is 13.1. The van der Waals surface area contributed by atoms with E-state index in [1.165, 1.54) is 17.0 Å². The van der Waals surface area contributed by atoms with E-state index in [4.69, 9.17) is 0 Å². The van der Waals surface area contributed by atoms with Crippen molar-refractivity contribution in [3.05, 3.63) is 39.4 Å². The Hall–Kier alpha value is -2.81. The zero-order valence-corrected chi connectivity index (χ0v) is 14.5. The smallest absolute Gasteiger partial charge is 0.282 e. The van der Waals surface area contributed by atoms with Gasteiger partial charge in [-0.3, -0.25) is 24.5 Å². The summed E-state index contributed by atoms with van der Waals surface area (Å²) in [6, 6.07) is 4.48. The molecular formula is C17H18N4O5. The predicted octanol–water partition coefficient (Wildman–Crippen LogP) is 1.24. The minimum Gasteiger partial charge on any atom is -0.313 e. The molecule has 9 nitrogen and oxygen atoms in total. The number of nitrogens with zero attached hydrogens (tertiary/aromatic N) is 4. The Balaban J connectivity index is 2.01. The molecule has 0 unspecified atom stereocenters. The summed E-state index contributed by atoms with van der Waals surface area (Å²) in [7, 11) is 0. The molecule has 0 radical (unpaired) electrons. The lowest BCUT2D eigenvalue weighted by Gasteiger charge is -2.48. The molecule has 0 bridgehead atoms. The van der Waals surface area contributed by atoms with Gasteiger partial charge in [0.2, 0.25) is 5.91 Å². The van der Waals surface area contributed by atoms with E-state index in [9.17, 15) is 24.5 Å². The number of carbonyl (C=O) groups excluding carboxylic acids is 3. The lowest BCUT2D eigenvalue weighted by Crippen LogP contribution is -2.62. The Morgan fingerprint density at radius 3 is 2.73 bits per heavy atom. The highest BCUT2D eigenvalue weighted by molar-refractivity contribution is 6.06. The van der Waals surface area contributed by atoms with Crippen LogP contribution in [0.1, 0.15) is 42.6 Å². The van der Waals surface area contributed by atoms with Gasteiger partial charge in [-0.1, -0.05) is 19.1 Å². The number of benzene rings is 1. The van der Waals surface area contributed by atoms with Crippen molar-refractivity contribution in [1.29, 1.82) is 0 Å². The molecule has 9 heteroatoms. The molecule has 2 atom stereocenters. The average Bonchev–Trinajstić information content (AvgIpc) is 3.04. The van der Waals surface area contributed by atoms with Crippen LogP contribution in [0, 0.1) is 16.0 Å². The number of fused-ring (bicyclic) bond motifs is 1. The molecule has 136 valence electrons. The van der Waals surface area contributed by atoms with Crippen molar-refractivity contribution in [3.8, 4) is 0 Å². The highest BCUT2D eigenvalue weighted by atomic mass is 16.6. The molecule has 3 amide bonds. The van der Waals surface area contributed by atoms with Crippen LogP contribution in [0.3, 0.4) is 0 Å². The second kappa shape index (κ2) is 5.34. The molecule has 0 N–H and O–H groups in total. The number of hydrogen-bond acceptors (Lipinski definition) is 6. The van der Waals surface area contributed by atoms with E-state index >= 15 is 0 Å². The van der Waals surface area contributed by atoms with E-state index in [0.717, 1.165) is 5.01 Å². The van der Waals surface area contributed by atoms with Crippen LogP contribution in [0.25, 0.3) is 0 Å². The summed E-state index contributed by atoms with van der Waals surface area (Å²) in [6.45, 7) is 4.16. The molecule has 0 aliphatic carbocycles. The standard InChI is InChI=1S/C17H18N4O5/c1-3-13(22)20-15(23)10(2)17-11-6-4-7-12(21(25)26)14(11)16(24)18(17)8-5-9-19(17)20/h4,6-7,10H,3,5,8-9H2,1-2H3/t10-,17+/m0/s1. The van der Waals surface area contributed by atoms with E-state index in [2.05, 4.69) is 0 Å². The molecule has 2 saturated heterocycles. The van der Waals surface area contributed by atoms with E-state index in [1.54, 1.807) is 24.9 Å². The first kappa shape index (κ1) is 16.6. The Bertz CT molecular complexity index is 869. The van der Waals surface area contributed by atoms with Crippen LogP contribution in [-0.2, 0) is 15.3 Å². The van der Waals surface area contributed by atoms with Gasteiger partial charge in [0.15, 0.2) is 5.66 Å². The third-order valence-corrected chi connectivity index (χ3v) is 5.61. The number of hydrogen-bond donors (Lipinski definition) is 0. The number of hydrazine groups is 1. The van der Waals surface area contributed by atoms with Gasteiger partial charge in [0, 0.05) is 31.1 Å². The van der Waals surface area contributed by atoms with Gasteiger partial charge in [0.1, 0.15) is 5.56 Å². The first-order valence-electron chi connectivity index (χ1n) is 8.61. The topological polar surface area (TPSA) is 104 Å². The molecule has 3 aliphatic heterocycles. The maximum absolute atomic E-state index is 13.1. The summed E-state index contributed by atoms with van der Waals surface area (Å²) in [5.41, 5.74) is -0.979. The number of rotatable bonds is 2. The summed E-state index contributed by atoms with van der Waals surface area (Å²) in [5.74, 6) is -1.88. The quantitative estimate of drug-likeness (QED) is 0.582. The molecule has 1 aromatic carbocycles. The molecule has 26 heavy (non-hydrogen) atoms. The normalized spacial score (nSPS) is 27.4. The van der Waals surface area contributed by atoms with Crippen molar-refractivity contribution in [2.45, 2.75) is 32.4 Å². The summed E-state index contributed by atoms with van der Waals surface area (Å²) in [4.78, 5) is 50.8. The van der Waals surface area contributed by atoms with Crippen molar-refractivity contribution < 1.29 is 19.3 Å². The van der Waals surface area contributed by atoms with Crippen LogP contribution in [-0.4, -0.2) is 50.7 Å². The van der Waals surface area contributed by atoms with Gasteiger partial charge in [-0.25, -0.2) is 5.01 Å². The average molecular weight is 358 g/mol. The van der Waals surface area contributed by atoms with Gasteiger partial charge in [-0.05, 0) is 13.3 Å². The number of amides is 3. The lowest BCUT2D eigenvalue weighted by atomic mass is 9.85. The minimum absolute atomic E-state index is 0.0230. The van der Waals surface area contributed by atoms with Crippen LogP contribution in [0.4, 0.5) is 5.69 Å². The Morgan fingerprint density at radius 2 is 2.08 bits per heavy atom. The molecule has 3 aliphatic rings. The summed E-state index contributed by atoms with van der Waals surface area (Å²) < 4.78 is 0. The van der Waals surface area contributed by atoms with Gasteiger partial charge in [0.05, 0.1) is 10.8 Å². The number of nitro benzene ring substituents is 1. The Kier molecular flexibility index (Phi) is 3.42. The minimum atomic E-state index is -1.17. The highest BCUT2D eigenvalue weighted by Gasteiger charge is 2.68. The third-order valence-electron chi connectivity index (χ3n) is 5.61. The number of carbonyl (C=O) groups is 3. The van der Waals surface area contributed by atoms with Crippen LogP contribution in [0.15, 0.2) is 18.2 Å². The first-order chi connectivity index (χ1) is 12.4. The van der Waals surface area contributed by atoms with Crippen molar-refractivity contribution in [2.24, 2.45) is 5.92 Å². The Morgan fingerprint density at radius 1 is 1.35 bits per heavy atom. The second-order valence-electron chi connectivity index (χ2n) is 6.74. The summed E-state index contributed by atoms with van der Waals surface area (Å²) >= 11 is 0. The molecule has 0 aromatic heterocycles. The van der Waals surface area contributed by atoms with E-state index in [1.807, 2.05) is 0 Å². The summed E-state index contributed by atoms with van der Waals surface area (Å²) in [6.07, 6.45) is 0.726. The van der Waals surface area contributed by atoms with Crippen LogP contribution < -0.4 is 0 Å². The molecular weight excluding hydrogens is 340 g/mol. The van der Waals surface area contributed by atoms with Crippen LogP contribution in [0.2, 0.25) is 0 Å². The molecule has 0 saturated carbocycles. The fourth-order valence-corrected chi connectivity index (χ4v) is 4.58. The number of nitro groups is 1. The monoisotopic (exact) mass is 358 g/mol. The van der Waals surface area contributed by atoms with Crippen LogP contribution >= 0.6 is 0 Å². The largest absolute Gasteiger partial charge is 0.313 e. The zero-order chi connectivity index (χ0) is 18.8. The maximum Gasteiger partial charge on any atom is 0.282 e. The van der Waals surface area contributed by atoms with Gasteiger partial charge < -0.3 is 4.90 Å². The van der Waals surface area contributed by atoms with Gasteiger partial charge in [-0.15, -0.1) is 0 Å². The van der Waals surface area contributed by atoms with E-state index in [-0.39, 0.29) is 29.5 Å². The van der Waals surface area contributed by atoms with Gasteiger partial charge >= 0.3 is 0 Å². The first-order valence-corrected chi connectivity index (χ1v) is 8.61. The van der Waals surface area contributed by atoms with Gasteiger partial charge in [-0.2, -0.15) is 5.01 Å². The zero-order valence-electron chi connectivity index (χ0n) is 14.5. The SMILES string of the molecule is CCC(=O)N1C(=O)[C@H](C)[C@@]23c4cccc([N+](=O)[O-])c4C(=O)N2CCCN13. The second-order valence-corrected chi connectivity index (χ2v) is 6.74. The molecule has 1 spiro atoms. The van der Waals surface area contributed by atoms with Crippen molar-refractivity contribution >= 4 is 23.4 Å². The van der Waals surface area contributed by atoms with E-state index in [0.29, 0.717) is 25.1 Å². The molecule has 1 aromatic rings. The Labute approximate surface area is 149 Å². The predicted molar refractivity (Wildman–Crippen MR) is 88.4 cm³/mol. The third kappa shape index (κ3) is 1.70. The van der Waals surface area contributed by atoms with Crippen LogP contribution in [0.5, 0.6) is 0 Å². The highest BCUT2D eigenvalue weighted by Crippen LogP contribution is 2.55. The molecule has 2 fully saturated rings. The number of imide groups is 1. The van der Waals surface area contributed by atoms with E-state index < -0.39 is 22.4 Å². The van der Waals surface area contributed by atoms with Crippen molar-refractivity contribution in [1.82, 2.24) is 14.9 Å². The lowest BCUT2D eigenvalue weighted by molar-refractivity contribution is -0.385. The summed E-state index contributed by atoms with van der Waals surface area (Å²) in [5, 5.41) is 14.2. The fraction of sp³-hybridized carbons (Fsp3) is 0.471. The molecule has 3 heterocycles.